The number of fused-ring (bicyclic) bond motifs is 2. The molecule has 2 aliphatic heterocycles. The number of hydrogen-bond acceptors (Lipinski definition) is 6. The molecule has 0 bridgehead atoms. The van der Waals surface area contributed by atoms with Crippen molar-refractivity contribution in [1.29, 1.82) is 0 Å². The Morgan fingerprint density at radius 3 is 2.68 bits per heavy atom. The quantitative estimate of drug-likeness (QED) is 0.674. The van der Waals surface area contributed by atoms with Crippen molar-refractivity contribution in [2.75, 3.05) is 0 Å². The zero-order valence-corrected chi connectivity index (χ0v) is 16.6. The molecule has 7 nitrogen and oxygen atoms in total. The molecule has 10 heteroatoms. The monoisotopic (exact) mass is 434 g/mol. The number of allylic oxidation sites excluding steroid dienone is 1. The second-order valence-corrected chi connectivity index (χ2v) is 8.08. The maximum absolute atomic E-state index is 13.9. The topological polar surface area (TPSA) is 90.6 Å². The molecule has 5 rings (SSSR count). The van der Waals surface area contributed by atoms with E-state index in [4.69, 9.17) is 4.42 Å². The van der Waals surface area contributed by atoms with E-state index in [1.54, 1.807) is 37.3 Å². The molecule has 0 saturated carbocycles. The van der Waals surface area contributed by atoms with Gasteiger partial charge in [-0.25, -0.2) is 15.4 Å². The number of hydrogen-bond donors (Lipinski definition) is 3. The Bertz CT molecular complexity index is 1050. The van der Waals surface area contributed by atoms with Crippen molar-refractivity contribution in [3.63, 3.8) is 0 Å². The molecule has 1 aromatic carbocycles. The fourth-order valence-electron chi connectivity index (χ4n) is 4.65. The number of carbonyl (C=O) groups is 1. The standard InChI is InChI=1S/C21H21F3N4O3/c1-10-14(19-26-16-12(29)8-5-9-13(16)31-19)20(30)28-18(25-10)15(11-6-3-2-4-7-11)17(27-28)21(22,23)24/h2-4,6-7,12,15,17-18,25,27,29H,5,8-9H2,1H3. The number of benzene rings is 1. The second kappa shape index (κ2) is 7.10. The highest BCUT2D eigenvalue weighted by molar-refractivity contribution is 6.19. The van der Waals surface area contributed by atoms with Gasteiger partial charge >= 0.3 is 6.18 Å². The first-order valence-corrected chi connectivity index (χ1v) is 10.1. The molecule has 0 radical (unpaired) electrons. The molecule has 3 N–H and O–H groups in total. The third-order valence-electron chi connectivity index (χ3n) is 6.10. The maximum Gasteiger partial charge on any atom is 0.406 e. The number of hydrazine groups is 1. The number of carbonyl (C=O) groups excluding carboxylic acids is 1. The Labute approximate surface area is 175 Å². The van der Waals surface area contributed by atoms with Crippen LogP contribution in [0.1, 0.15) is 54.7 Å². The van der Waals surface area contributed by atoms with Crippen LogP contribution in [0.2, 0.25) is 0 Å². The van der Waals surface area contributed by atoms with Crippen LogP contribution in [0, 0.1) is 0 Å². The molecule has 3 aliphatic rings. The number of rotatable bonds is 2. The van der Waals surface area contributed by atoms with Gasteiger partial charge < -0.3 is 14.8 Å². The van der Waals surface area contributed by atoms with Crippen molar-refractivity contribution >= 4 is 11.5 Å². The maximum atomic E-state index is 13.9. The summed E-state index contributed by atoms with van der Waals surface area (Å²) in [7, 11) is 0. The van der Waals surface area contributed by atoms with Crippen molar-refractivity contribution in [2.45, 2.75) is 56.6 Å². The van der Waals surface area contributed by atoms with Gasteiger partial charge in [-0.05, 0) is 25.3 Å². The van der Waals surface area contributed by atoms with Gasteiger partial charge in [0, 0.05) is 12.1 Å². The minimum atomic E-state index is -4.57. The number of nitrogens with zero attached hydrogens (tertiary/aromatic N) is 2. The molecule has 2 aromatic rings. The van der Waals surface area contributed by atoms with Gasteiger partial charge in [0.15, 0.2) is 0 Å². The summed E-state index contributed by atoms with van der Waals surface area (Å²) in [5, 5.41) is 14.2. The third kappa shape index (κ3) is 3.21. The van der Waals surface area contributed by atoms with Crippen LogP contribution in [0.5, 0.6) is 0 Å². The average molecular weight is 434 g/mol. The van der Waals surface area contributed by atoms with Crippen molar-refractivity contribution < 1.29 is 27.5 Å². The summed E-state index contributed by atoms with van der Waals surface area (Å²) in [6.07, 6.45) is -4.41. The Morgan fingerprint density at radius 2 is 2.00 bits per heavy atom. The molecular weight excluding hydrogens is 413 g/mol. The summed E-state index contributed by atoms with van der Waals surface area (Å²) in [4.78, 5) is 17.6. The van der Waals surface area contributed by atoms with Crippen LogP contribution >= 0.6 is 0 Å². The summed E-state index contributed by atoms with van der Waals surface area (Å²) in [6, 6.07) is 6.38. The smallest absolute Gasteiger partial charge is 0.406 e. The molecule has 0 spiro atoms. The van der Waals surface area contributed by atoms with Crippen LogP contribution in [-0.2, 0) is 11.2 Å². The molecule has 1 aliphatic carbocycles. The fourth-order valence-corrected chi connectivity index (χ4v) is 4.65. The minimum Gasteiger partial charge on any atom is -0.440 e. The summed E-state index contributed by atoms with van der Waals surface area (Å²) in [5.74, 6) is -1.18. The van der Waals surface area contributed by atoms with Crippen LogP contribution < -0.4 is 10.7 Å². The number of nitrogens with one attached hydrogen (secondary N) is 2. The lowest BCUT2D eigenvalue weighted by atomic mass is 9.89. The number of aromatic nitrogens is 1. The number of halogens is 3. The molecule has 1 amide bonds. The first kappa shape index (κ1) is 20.1. The SMILES string of the molecule is CC1=C(c2nc3c(o2)CCCC3O)C(=O)N2NC(C(F)(F)F)C(c3ccccc3)C2N1. The van der Waals surface area contributed by atoms with Crippen molar-refractivity contribution in [1.82, 2.24) is 20.7 Å². The Morgan fingerprint density at radius 1 is 1.26 bits per heavy atom. The number of oxazole rings is 1. The van der Waals surface area contributed by atoms with Crippen molar-refractivity contribution in [3.8, 4) is 0 Å². The van der Waals surface area contributed by atoms with E-state index < -0.39 is 36.3 Å². The highest BCUT2D eigenvalue weighted by atomic mass is 19.4. The number of aliphatic hydroxyl groups excluding tert-OH is 1. The van der Waals surface area contributed by atoms with Crippen LogP contribution in [0.15, 0.2) is 40.4 Å². The van der Waals surface area contributed by atoms with Gasteiger partial charge in [-0.1, -0.05) is 30.3 Å². The Balaban J connectivity index is 1.54. The predicted octanol–water partition coefficient (Wildman–Crippen LogP) is 2.77. The van der Waals surface area contributed by atoms with E-state index in [0.717, 1.165) is 11.4 Å². The molecule has 31 heavy (non-hydrogen) atoms. The van der Waals surface area contributed by atoms with E-state index in [1.807, 2.05) is 0 Å². The first-order chi connectivity index (χ1) is 14.8. The molecule has 4 atom stereocenters. The first-order valence-electron chi connectivity index (χ1n) is 10.1. The Hall–Kier alpha value is -2.85. The van der Waals surface area contributed by atoms with Gasteiger partial charge in [-0.2, -0.15) is 13.2 Å². The summed E-state index contributed by atoms with van der Waals surface area (Å²) in [6.45, 7) is 1.62. The molecule has 1 fully saturated rings. The second-order valence-electron chi connectivity index (χ2n) is 8.08. The predicted molar refractivity (Wildman–Crippen MR) is 103 cm³/mol. The minimum absolute atomic E-state index is 0.00733. The molecule has 1 saturated heterocycles. The van der Waals surface area contributed by atoms with Crippen LogP contribution in [0.25, 0.3) is 5.57 Å². The average Bonchev–Trinajstić information content (AvgIpc) is 3.31. The lowest BCUT2D eigenvalue weighted by molar-refractivity contribution is -0.161. The summed E-state index contributed by atoms with van der Waals surface area (Å²) >= 11 is 0. The number of alkyl halides is 3. The Kier molecular flexibility index (Phi) is 4.60. The van der Waals surface area contributed by atoms with Crippen LogP contribution in [0.4, 0.5) is 13.2 Å². The van der Waals surface area contributed by atoms with Crippen molar-refractivity contribution in [3.05, 3.63) is 58.9 Å². The molecule has 4 unspecified atom stereocenters. The zero-order chi connectivity index (χ0) is 21.9. The van der Waals surface area contributed by atoms with Gasteiger partial charge in [-0.15, -0.1) is 0 Å². The highest BCUT2D eigenvalue weighted by Gasteiger charge is 2.58. The molecule has 3 heterocycles. The van der Waals surface area contributed by atoms with Crippen molar-refractivity contribution in [2.24, 2.45) is 0 Å². The van der Waals surface area contributed by atoms with Gasteiger partial charge in [0.1, 0.15) is 29.2 Å². The van der Waals surface area contributed by atoms with E-state index in [2.05, 4.69) is 15.7 Å². The van der Waals surface area contributed by atoms with Gasteiger partial charge in [0.2, 0.25) is 5.89 Å². The van der Waals surface area contributed by atoms with E-state index >= 15 is 0 Å². The lowest BCUT2D eigenvalue weighted by Gasteiger charge is -2.34. The van der Waals surface area contributed by atoms with Crippen LogP contribution in [0.3, 0.4) is 0 Å². The van der Waals surface area contributed by atoms with Gasteiger partial charge in [-0.3, -0.25) is 4.79 Å². The molecule has 1 aromatic heterocycles. The number of aryl methyl sites for hydroxylation is 1. The van der Waals surface area contributed by atoms with E-state index in [1.165, 1.54) is 0 Å². The zero-order valence-electron chi connectivity index (χ0n) is 16.6. The fraction of sp³-hybridized carbons (Fsp3) is 0.429. The normalized spacial score (nSPS) is 28.4. The molecular formula is C21H21F3N4O3. The largest absolute Gasteiger partial charge is 0.440 e. The highest BCUT2D eigenvalue weighted by Crippen LogP contribution is 2.43. The summed E-state index contributed by atoms with van der Waals surface area (Å²) < 4.78 is 47.4. The van der Waals surface area contributed by atoms with Crippen LogP contribution in [-0.4, -0.2) is 39.4 Å². The summed E-state index contributed by atoms with van der Waals surface area (Å²) in [5.41, 5.74) is 3.66. The number of aliphatic hydroxyl groups is 1. The van der Waals surface area contributed by atoms with Gasteiger partial charge in [0.25, 0.3) is 5.91 Å². The van der Waals surface area contributed by atoms with Gasteiger partial charge in [0.05, 0.1) is 12.0 Å². The third-order valence-corrected chi connectivity index (χ3v) is 6.10. The van der Waals surface area contributed by atoms with E-state index in [0.29, 0.717) is 35.6 Å². The van der Waals surface area contributed by atoms with E-state index in [-0.39, 0.29) is 11.5 Å². The number of amides is 1. The lowest BCUT2D eigenvalue weighted by Crippen LogP contribution is -2.54. The van der Waals surface area contributed by atoms with E-state index in [9.17, 15) is 23.1 Å². The molecule has 164 valence electrons.